The van der Waals surface area contributed by atoms with E-state index in [4.69, 9.17) is 0 Å². The Kier molecular flexibility index (Phi) is 7.38. The zero-order chi connectivity index (χ0) is 24.2. The number of hydrogen-bond donors (Lipinski definition) is 1. The standard InChI is InChI=1S/C21H21F4N3O4S/c22-15-5-7-16(8-6-15)33(31,32)26-10-9-19(29)27-11-13-28(14-12-27)20(30)17-3-1-2-4-18(17)21(23,24)25/h1-8,26H,9-14H2. The summed E-state index contributed by atoms with van der Waals surface area (Å²) in [6, 6.07) is 8.76. The number of nitrogens with zero attached hydrogens (tertiary/aromatic N) is 2. The normalized spacial score (nSPS) is 14.9. The first kappa shape index (κ1) is 24.6. The van der Waals surface area contributed by atoms with Gasteiger partial charge in [0.15, 0.2) is 0 Å². The lowest BCUT2D eigenvalue weighted by atomic mass is 10.1. The summed E-state index contributed by atoms with van der Waals surface area (Å²) in [5, 5.41) is 0. The predicted octanol–water partition coefficient (Wildman–Crippen LogP) is 2.50. The van der Waals surface area contributed by atoms with Gasteiger partial charge in [-0.1, -0.05) is 12.1 Å². The lowest BCUT2D eigenvalue weighted by Crippen LogP contribution is -2.51. The van der Waals surface area contributed by atoms with Gasteiger partial charge in [-0.2, -0.15) is 13.2 Å². The predicted molar refractivity (Wildman–Crippen MR) is 110 cm³/mol. The SMILES string of the molecule is O=C(CCNS(=O)(=O)c1ccc(F)cc1)N1CCN(C(=O)c2ccccc2C(F)(F)F)CC1. The van der Waals surface area contributed by atoms with E-state index < -0.39 is 39.1 Å². The van der Waals surface area contributed by atoms with E-state index in [-0.39, 0.29) is 49.9 Å². The van der Waals surface area contributed by atoms with Gasteiger partial charge in [-0.25, -0.2) is 17.5 Å². The van der Waals surface area contributed by atoms with Crippen LogP contribution in [0.15, 0.2) is 53.4 Å². The molecular formula is C21H21F4N3O4S. The van der Waals surface area contributed by atoms with Crippen LogP contribution in [0.4, 0.5) is 17.6 Å². The molecule has 1 aliphatic rings. The Morgan fingerprint density at radius 3 is 2.09 bits per heavy atom. The number of amides is 2. The highest BCUT2D eigenvalue weighted by Gasteiger charge is 2.36. The topological polar surface area (TPSA) is 86.8 Å². The van der Waals surface area contributed by atoms with Crippen molar-refractivity contribution in [3.8, 4) is 0 Å². The minimum absolute atomic E-state index is 0.0536. The molecular weight excluding hydrogens is 466 g/mol. The van der Waals surface area contributed by atoms with E-state index in [1.54, 1.807) is 0 Å². The molecule has 3 rings (SSSR count). The number of benzene rings is 2. The molecule has 1 fully saturated rings. The third kappa shape index (κ3) is 6.08. The number of carbonyl (C=O) groups excluding carboxylic acids is 2. The van der Waals surface area contributed by atoms with Gasteiger partial charge in [0.1, 0.15) is 5.82 Å². The second-order valence-corrected chi connectivity index (χ2v) is 9.08. The van der Waals surface area contributed by atoms with Crippen LogP contribution >= 0.6 is 0 Å². The van der Waals surface area contributed by atoms with Gasteiger partial charge in [-0.15, -0.1) is 0 Å². The maximum Gasteiger partial charge on any atom is 0.417 e. The second kappa shape index (κ2) is 9.87. The zero-order valence-electron chi connectivity index (χ0n) is 17.3. The largest absolute Gasteiger partial charge is 0.417 e. The van der Waals surface area contributed by atoms with Crippen LogP contribution in [0, 0.1) is 5.82 Å². The van der Waals surface area contributed by atoms with Gasteiger partial charge in [0, 0.05) is 39.1 Å². The molecule has 1 saturated heterocycles. The molecule has 0 radical (unpaired) electrons. The lowest BCUT2D eigenvalue weighted by Gasteiger charge is -2.35. The number of halogens is 4. The van der Waals surface area contributed by atoms with Crippen molar-refractivity contribution in [2.45, 2.75) is 17.5 Å². The minimum atomic E-state index is -4.66. The molecule has 178 valence electrons. The molecule has 0 bridgehead atoms. The van der Waals surface area contributed by atoms with Gasteiger partial charge in [0.05, 0.1) is 16.0 Å². The molecule has 1 heterocycles. The fourth-order valence-electron chi connectivity index (χ4n) is 3.39. The van der Waals surface area contributed by atoms with E-state index in [1.807, 2.05) is 0 Å². The summed E-state index contributed by atoms with van der Waals surface area (Å²) in [7, 11) is -3.90. The van der Waals surface area contributed by atoms with Crippen LogP contribution in [0.2, 0.25) is 0 Å². The average Bonchev–Trinajstić information content (AvgIpc) is 2.78. The number of rotatable bonds is 6. The summed E-state index contributed by atoms with van der Waals surface area (Å²) in [6.45, 7) is 0.153. The molecule has 0 atom stereocenters. The first-order valence-corrected chi connectivity index (χ1v) is 11.5. The minimum Gasteiger partial charge on any atom is -0.339 e. The van der Waals surface area contributed by atoms with Crippen LogP contribution in [-0.4, -0.2) is 62.8 Å². The molecule has 0 saturated carbocycles. The maximum atomic E-state index is 13.2. The lowest BCUT2D eigenvalue weighted by molar-refractivity contribution is -0.138. The highest BCUT2D eigenvalue weighted by molar-refractivity contribution is 7.89. The van der Waals surface area contributed by atoms with E-state index >= 15 is 0 Å². The van der Waals surface area contributed by atoms with E-state index in [0.717, 1.165) is 36.4 Å². The maximum absolute atomic E-state index is 13.2. The van der Waals surface area contributed by atoms with Gasteiger partial charge in [0.25, 0.3) is 5.91 Å². The van der Waals surface area contributed by atoms with Crippen molar-refractivity contribution in [3.05, 3.63) is 65.5 Å². The molecule has 33 heavy (non-hydrogen) atoms. The third-order valence-corrected chi connectivity index (χ3v) is 6.61. The van der Waals surface area contributed by atoms with Crippen molar-refractivity contribution < 1.29 is 35.6 Å². The summed E-state index contributed by atoms with van der Waals surface area (Å²) in [6.07, 6.45) is -4.81. The van der Waals surface area contributed by atoms with Gasteiger partial charge in [-0.05, 0) is 36.4 Å². The first-order chi connectivity index (χ1) is 15.5. The van der Waals surface area contributed by atoms with Crippen LogP contribution in [0.5, 0.6) is 0 Å². The van der Waals surface area contributed by atoms with Crippen molar-refractivity contribution in [2.75, 3.05) is 32.7 Å². The highest BCUT2D eigenvalue weighted by atomic mass is 32.2. The summed E-state index contributed by atoms with van der Waals surface area (Å²) in [5.74, 6) is -1.70. The van der Waals surface area contributed by atoms with Gasteiger partial charge in [0.2, 0.25) is 15.9 Å². The van der Waals surface area contributed by atoms with E-state index in [9.17, 15) is 35.6 Å². The fourth-order valence-corrected chi connectivity index (χ4v) is 4.43. The zero-order valence-corrected chi connectivity index (χ0v) is 18.1. The monoisotopic (exact) mass is 487 g/mol. The quantitative estimate of drug-likeness (QED) is 0.635. The van der Waals surface area contributed by atoms with Crippen LogP contribution < -0.4 is 4.72 Å². The van der Waals surface area contributed by atoms with Crippen molar-refractivity contribution in [1.29, 1.82) is 0 Å². The number of sulfonamides is 1. The molecule has 0 aliphatic carbocycles. The van der Waals surface area contributed by atoms with Gasteiger partial charge >= 0.3 is 6.18 Å². The van der Waals surface area contributed by atoms with Crippen LogP contribution in [0.1, 0.15) is 22.3 Å². The van der Waals surface area contributed by atoms with Crippen molar-refractivity contribution in [1.82, 2.24) is 14.5 Å². The van der Waals surface area contributed by atoms with Crippen LogP contribution in [-0.2, 0) is 21.0 Å². The smallest absolute Gasteiger partial charge is 0.339 e. The third-order valence-electron chi connectivity index (χ3n) is 5.14. The Hall–Kier alpha value is -2.99. The average molecular weight is 487 g/mol. The fraction of sp³-hybridized carbons (Fsp3) is 0.333. The molecule has 0 spiro atoms. The molecule has 2 amide bonds. The second-order valence-electron chi connectivity index (χ2n) is 7.32. The van der Waals surface area contributed by atoms with E-state index in [0.29, 0.717) is 0 Å². The Morgan fingerprint density at radius 2 is 1.48 bits per heavy atom. The molecule has 0 unspecified atom stereocenters. The van der Waals surface area contributed by atoms with Crippen molar-refractivity contribution >= 4 is 21.8 Å². The number of hydrogen-bond acceptors (Lipinski definition) is 4. The molecule has 1 aliphatic heterocycles. The summed E-state index contributed by atoms with van der Waals surface area (Å²) in [5.41, 5.74) is -1.46. The summed E-state index contributed by atoms with van der Waals surface area (Å²) >= 11 is 0. The Balaban J connectivity index is 1.51. The summed E-state index contributed by atoms with van der Waals surface area (Å²) in [4.78, 5) is 27.5. The molecule has 1 N–H and O–H groups in total. The molecule has 2 aromatic rings. The Bertz CT molecular complexity index is 1110. The Labute approximate surface area is 188 Å². The highest BCUT2D eigenvalue weighted by Crippen LogP contribution is 2.32. The number of alkyl halides is 3. The van der Waals surface area contributed by atoms with Crippen LogP contribution in [0.25, 0.3) is 0 Å². The van der Waals surface area contributed by atoms with Gasteiger partial charge in [-0.3, -0.25) is 9.59 Å². The van der Waals surface area contributed by atoms with Gasteiger partial charge < -0.3 is 9.80 Å². The van der Waals surface area contributed by atoms with E-state index in [1.165, 1.54) is 21.9 Å². The summed E-state index contributed by atoms with van der Waals surface area (Å²) < 4.78 is 79.1. The first-order valence-electron chi connectivity index (χ1n) is 9.97. The number of piperazine rings is 1. The van der Waals surface area contributed by atoms with Crippen LogP contribution in [0.3, 0.4) is 0 Å². The van der Waals surface area contributed by atoms with Crippen molar-refractivity contribution in [2.24, 2.45) is 0 Å². The van der Waals surface area contributed by atoms with Crippen molar-refractivity contribution in [3.63, 3.8) is 0 Å². The Morgan fingerprint density at radius 1 is 0.909 bits per heavy atom. The molecule has 12 heteroatoms. The molecule has 7 nitrogen and oxygen atoms in total. The molecule has 0 aromatic heterocycles. The number of carbonyl (C=O) groups is 2. The molecule has 2 aromatic carbocycles. The number of nitrogens with one attached hydrogen (secondary N) is 1. The van der Waals surface area contributed by atoms with E-state index in [2.05, 4.69) is 4.72 Å².